The van der Waals surface area contributed by atoms with Crippen LogP contribution in [-0.2, 0) is 16.1 Å². The van der Waals surface area contributed by atoms with Crippen LogP contribution < -0.4 is 10.1 Å². The average Bonchev–Trinajstić information content (AvgIpc) is 2.93. The van der Waals surface area contributed by atoms with Gasteiger partial charge in [0.2, 0.25) is 5.91 Å². The molecule has 1 fully saturated rings. The number of benzene rings is 1. The summed E-state index contributed by atoms with van der Waals surface area (Å²) in [6, 6.07) is 6.47. The lowest BCUT2D eigenvalue weighted by atomic mass is 10.2. The Morgan fingerprint density at radius 2 is 2.04 bits per heavy atom. The number of carboxylic acid groups (broad SMARTS) is 1. The molecule has 1 aromatic rings. The second kappa shape index (κ2) is 8.36. The molecule has 8 nitrogen and oxygen atoms in total. The van der Waals surface area contributed by atoms with Crippen LogP contribution in [0.2, 0.25) is 0 Å². The lowest BCUT2D eigenvalue weighted by Crippen LogP contribution is -2.47. The smallest absolute Gasteiger partial charge is 0.317 e. The molecular formula is C17H23N3O5. The summed E-state index contributed by atoms with van der Waals surface area (Å²) >= 11 is 0. The van der Waals surface area contributed by atoms with E-state index in [1.807, 2.05) is 24.3 Å². The van der Waals surface area contributed by atoms with Crippen LogP contribution in [0, 0.1) is 0 Å². The molecule has 2 rings (SSSR count). The minimum Gasteiger partial charge on any atom is -0.497 e. The molecule has 1 unspecified atom stereocenters. The highest BCUT2D eigenvalue weighted by atomic mass is 16.5. The summed E-state index contributed by atoms with van der Waals surface area (Å²) in [5.41, 5.74) is 0.986. The number of carbonyl (C=O) groups is 3. The Morgan fingerprint density at radius 3 is 2.64 bits per heavy atom. The molecule has 0 aliphatic carbocycles. The number of ether oxygens (including phenoxy) is 1. The van der Waals surface area contributed by atoms with Crippen molar-refractivity contribution in [3.8, 4) is 5.75 Å². The Morgan fingerprint density at radius 1 is 1.36 bits per heavy atom. The third-order valence-corrected chi connectivity index (χ3v) is 4.14. The van der Waals surface area contributed by atoms with Gasteiger partial charge in [-0.15, -0.1) is 0 Å². The number of hydrogen-bond donors (Lipinski definition) is 2. The SMILES string of the molecule is COc1ccc(CN2CCC(NC(=O)N(C)CCC(=O)O)C2=O)cc1. The first kappa shape index (κ1) is 18.6. The number of carbonyl (C=O) groups excluding carboxylic acids is 2. The van der Waals surface area contributed by atoms with Crippen molar-refractivity contribution in [2.24, 2.45) is 0 Å². The zero-order valence-corrected chi connectivity index (χ0v) is 14.4. The average molecular weight is 349 g/mol. The molecule has 136 valence electrons. The van der Waals surface area contributed by atoms with Gasteiger partial charge in [-0.1, -0.05) is 12.1 Å². The van der Waals surface area contributed by atoms with Gasteiger partial charge in [-0.05, 0) is 24.1 Å². The van der Waals surface area contributed by atoms with Gasteiger partial charge in [0.1, 0.15) is 11.8 Å². The maximum absolute atomic E-state index is 12.4. The zero-order valence-electron chi connectivity index (χ0n) is 14.4. The summed E-state index contributed by atoms with van der Waals surface area (Å²) < 4.78 is 5.11. The summed E-state index contributed by atoms with van der Waals surface area (Å²) in [4.78, 5) is 38.0. The molecule has 0 aromatic heterocycles. The van der Waals surface area contributed by atoms with Crippen LogP contribution in [0.1, 0.15) is 18.4 Å². The van der Waals surface area contributed by atoms with Crippen LogP contribution in [0.25, 0.3) is 0 Å². The van der Waals surface area contributed by atoms with E-state index in [2.05, 4.69) is 5.32 Å². The molecule has 2 N–H and O–H groups in total. The van der Waals surface area contributed by atoms with E-state index in [1.165, 1.54) is 11.9 Å². The van der Waals surface area contributed by atoms with E-state index in [4.69, 9.17) is 9.84 Å². The van der Waals surface area contributed by atoms with Crippen molar-refractivity contribution >= 4 is 17.9 Å². The van der Waals surface area contributed by atoms with Gasteiger partial charge >= 0.3 is 12.0 Å². The fourth-order valence-electron chi connectivity index (χ4n) is 2.61. The van der Waals surface area contributed by atoms with E-state index in [1.54, 1.807) is 12.0 Å². The molecule has 1 heterocycles. The van der Waals surface area contributed by atoms with Gasteiger partial charge in [-0.2, -0.15) is 0 Å². The Labute approximate surface area is 146 Å². The molecule has 0 spiro atoms. The number of nitrogens with zero attached hydrogens (tertiary/aromatic N) is 2. The van der Waals surface area contributed by atoms with Gasteiger partial charge in [0, 0.05) is 26.7 Å². The Bertz CT molecular complexity index is 632. The number of nitrogens with one attached hydrogen (secondary N) is 1. The Balaban J connectivity index is 1.85. The van der Waals surface area contributed by atoms with Crippen LogP contribution in [0.5, 0.6) is 5.75 Å². The van der Waals surface area contributed by atoms with Gasteiger partial charge in [0.15, 0.2) is 0 Å². The van der Waals surface area contributed by atoms with E-state index >= 15 is 0 Å². The standard InChI is InChI=1S/C17H23N3O5/c1-19(9-8-15(21)22)17(24)18-14-7-10-20(16(14)23)11-12-3-5-13(25-2)6-4-12/h3-6,14H,7-11H2,1-2H3,(H,18,24)(H,21,22). The van der Waals surface area contributed by atoms with E-state index in [-0.39, 0.29) is 18.9 Å². The highest BCUT2D eigenvalue weighted by Crippen LogP contribution is 2.17. The molecule has 1 aliphatic heterocycles. The minimum atomic E-state index is -0.970. The number of aliphatic carboxylic acids is 1. The third-order valence-electron chi connectivity index (χ3n) is 4.14. The molecule has 0 radical (unpaired) electrons. The van der Waals surface area contributed by atoms with Crippen molar-refractivity contribution in [3.05, 3.63) is 29.8 Å². The largest absolute Gasteiger partial charge is 0.497 e. The summed E-state index contributed by atoms with van der Waals surface area (Å²) in [5.74, 6) is -0.343. The molecule has 1 atom stereocenters. The predicted molar refractivity (Wildman–Crippen MR) is 90.2 cm³/mol. The first-order valence-electron chi connectivity index (χ1n) is 8.06. The van der Waals surface area contributed by atoms with E-state index in [0.29, 0.717) is 19.5 Å². The molecule has 0 saturated carbocycles. The van der Waals surface area contributed by atoms with Gasteiger partial charge in [0.05, 0.1) is 13.5 Å². The van der Waals surface area contributed by atoms with Gasteiger partial charge in [0.25, 0.3) is 0 Å². The van der Waals surface area contributed by atoms with Crippen LogP contribution in [0.3, 0.4) is 0 Å². The number of amides is 3. The zero-order chi connectivity index (χ0) is 18.4. The minimum absolute atomic E-state index is 0.0949. The number of hydrogen-bond acceptors (Lipinski definition) is 4. The van der Waals surface area contributed by atoms with Gasteiger partial charge < -0.3 is 25.0 Å². The fraction of sp³-hybridized carbons (Fsp3) is 0.471. The topological polar surface area (TPSA) is 99.2 Å². The lowest BCUT2D eigenvalue weighted by Gasteiger charge is -2.20. The molecule has 0 bridgehead atoms. The summed E-state index contributed by atoms with van der Waals surface area (Å²) in [6.45, 7) is 1.14. The van der Waals surface area contributed by atoms with Gasteiger partial charge in [-0.25, -0.2) is 4.79 Å². The maximum Gasteiger partial charge on any atom is 0.317 e. The quantitative estimate of drug-likeness (QED) is 0.762. The first-order chi connectivity index (χ1) is 11.9. The Hall–Kier alpha value is -2.77. The molecule has 8 heteroatoms. The normalized spacial score (nSPS) is 16.6. The summed E-state index contributed by atoms with van der Waals surface area (Å²) in [7, 11) is 3.10. The molecule has 1 saturated heterocycles. The van der Waals surface area contributed by atoms with E-state index in [9.17, 15) is 14.4 Å². The highest BCUT2D eigenvalue weighted by Gasteiger charge is 2.33. The van der Waals surface area contributed by atoms with Crippen molar-refractivity contribution in [1.29, 1.82) is 0 Å². The van der Waals surface area contributed by atoms with Crippen molar-refractivity contribution in [2.45, 2.75) is 25.4 Å². The maximum atomic E-state index is 12.4. The molecule has 3 amide bonds. The van der Waals surface area contributed by atoms with Crippen molar-refractivity contribution < 1.29 is 24.2 Å². The second-order valence-corrected chi connectivity index (χ2v) is 5.96. The Kier molecular flexibility index (Phi) is 6.21. The number of methoxy groups -OCH3 is 1. The summed E-state index contributed by atoms with van der Waals surface area (Å²) in [5, 5.41) is 11.3. The van der Waals surface area contributed by atoms with Crippen molar-refractivity contribution in [3.63, 3.8) is 0 Å². The van der Waals surface area contributed by atoms with Crippen LogP contribution in [0.4, 0.5) is 4.79 Å². The molecule has 1 aliphatic rings. The van der Waals surface area contributed by atoms with Crippen molar-refractivity contribution in [2.75, 3.05) is 27.2 Å². The monoisotopic (exact) mass is 349 g/mol. The van der Waals surface area contributed by atoms with Crippen LogP contribution in [-0.4, -0.2) is 66.1 Å². The summed E-state index contributed by atoms with van der Waals surface area (Å²) in [6.07, 6.45) is 0.402. The van der Waals surface area contributed by atoms with Crippen LogP contribution >= 0.6 is 0 Å². The predicted octanol–water partition coefficient (Wildman–Crippen LogP) is 0.912. The van der Waals surface area contributed by atoms with E-state index in [0.717, 1.165) is 11.3 Å². The molecule has 25 heavy (non-hydrogen) atoms. The molecule has 1 aromatic carbocycles. The van der Waals surface area contributed by atoms with Crippen molar-refractivity contribution in [1.82, 2.24) is 15.1 Å². The van der Waals surface area contributed by atoms with E-state index < -0.39 is 18.0 Å². The number of likely N-dealkylation sites (tertiary alicyclic amines) is 1. The molecular weight excluding hydrogens is 326 g/mol. The third kappa shape index (κ3) is 5.10. The van der Waals surface area contributed by atoms with Gasteiger partial charge in [-0.3, -0.25) is 9.59 Å². The first-order valence-corrected chi connectivity index (χ1v) is 8.06. The number of urea groups is 1. The lowest BCUT2D eigenvalue weighted by molar-refractivity contribution is -0.137. The fourth-order valence-corrected chi connectivity index (χ4v) is 2.61. The second-order valence-electron chi connectivity index (χ2n) is 5.96. The van der Waals surface area contributed by atoms with Crippen LogP contribution in [0.15, 0.2) is 24.3 Å². The number of carboxylic acids is 1. The number of rotatable bonds is 7. The highest BCUT2D eigenvalue weighted by molar-refractivity contribution is 5.88.